The van der Waals surface area contributed by atoms with E-state index in [2.05, 4.69) is 16.7 Å². The molecular weight excluding hydrogens is 298 g/mol. The van der Waals surface area contributed by atoms with Gasteiger partial charge in [0.15, 0.2) is 0 Å². The molecule has 0 bridgehead atoms. The van der Waals surface area contributed by atoms with Crippen molar-refractivity contribution in [1.82, 2.24) is 4.72 Å². The number of hydrogen-bond acceptors (Lipinski definition) is 4. The minimum atomic E-state index is -3.74. The molecule has 1 aromatic rings. The average molecular weight is 315 g/mol. The maximum atomic E-state index is 12.5. The molecule has 1 atom stereocenters. The zero-order chi connectivity index (χ0) is 16.2. The van der Waals surface area contributed by atoms with Crippen molar-refractivity contribution in [3.8, 4) is 18.4 Å². The number of benzene rings is 1. The Morgan fingerprint density at radius 2 is 2.18 bits per heavy atom. The fourth-order valence-electron chi connectivity index (χ4n) is 2.25. The van der Waals surface area contributed by atoms with Crippen LogP contribution in [0.5, 0.6) is 0 Å². The molecule has 0 radical (unpaired) electrons. The molecule has 1 aromatic carbocycles. The largest absolute Gasteiger partial charge is 0.366 e. The normalized spacial score (nSPS) is 15.9. The van der Waals surface area contributed by atoms with Gasteiger partial charge < -0.3 is 4.90 Å². The van der Waals surface area contributed by atoms with Crippen molar-refractivity contribution in [1.29, 1.82) is 5.26 Å². The monoisotopic (exact) mass is 315 g/mol. The first-order chi connectivity index (χ1) is 10.5. The third-order valence-corrected chi connectivity index (χ3v) is 4.95. The molecule has 2 rings (SSSR count). The average Bonchev–Trinajstić information content (AvgIpc) is 2.54. The zero-order valence-corrected chi connectivity index (χ0v) is 13.1. The molecule has 1 unspecified atom stereocenters. The third kappa shape index (κ3) is 3.48. The van der Waals surface area contributed by atoms with Crippen LogP contribution in [0.3, 0.4) is 0 Å². The van der Waals surface area contributed by atoms with Gasteiger partial charge in [0.2, 0.25) is 10.0 Å². The number of nitriles is 1. The smallest absolute Gasteiger partial charge is 0.243 e. The molecule has 1 N–H and O–H groups in total. The summed E-state index contributed by atoms with van der Waals surface area (Å²) < 4.78 is 27.5. The maximum absolute atomic E-state index is 12.5. The van der Waals surface area contributed by atoms with E-state index in [-0.39, 0.29) is 4.90 Å². The molecule has 1 aliphatic heterocycles. The van der Waals surface area contributed by atoms with Gasteiger partial charge in [0, 0.05) is 13.1 Å². The molecule has 0 spiro atoms. The lowest BCUT2D eigenvalue weighted by molar-refractivity contribution is 0.577. The van der Waals surface area contributed by atoms with Crippen LogP contribution in [0.4, 0.5) is 5.69 Å². The van der Waals surface area contributed by atoms with E-state index in [9.17, 15) is 8.42 Å². The predicted octanol–water partition coefficient (Wildman–Crippen LogP) is 1.62. The highest BCUT2D eigenvalue weighted by Gasteiger charge is 2.23. The first-order valence-electron chi connectivity index (χ1n) is 6.90. The van der Waals surface area contributed by atoms with E-state index in [1.54, 1.807) is 13.0 Å². The molecule has 0 amide bonds. The van der Waals surface area contributed by atoms with Gasteiger partial charge in [-0.2, -0.15) is 9.98 Å². The number of terminal acetylenes is 1. The highest BCUT2D eigenvalue weighted by atomic mass is 32.2. The van der Waals surface area contributed by atoms with Crippen LogP contribution in [0.15, 0.2) is 35.2 Å². The Morgan fingerprint density at radius 3 is 2.77 bits per heavy atom. The Morgan fingerprint density at radius 1 is 1.41 bits per heavy atom. The van der Waals surface area contributed by atoms with Gasteiger partial charge in [-0.1, -0.05) is 18.1 Å². The molecule has 0 saturated carbocycles. The zero-order valence-electron chi connectivity index (χ0n) is 12.3. The van der Waals surface area contributed by atoms with Crippen LogP contribution < -0.4 is 9.62 Å². The van der Waals surface area contributed by atoms with Gasteiger partial charge in [-0.25, -0.2) is 8.42 Å². The van der Waals surface area contributed by atoms with Crippen LogP contribution in [0.2, 0.25) is 0 Å². The molecular formula is C16H17N3O2S. The summed E-state index contributed by atoms with van der Waals surface area (Å²) >= 11 is 0. The van der Waals surface area contributed by atoms with Gasteiger partial charge in [0.05, 0.1) is 23.4 Å². The summed E-state index contributed by atoms with van der Waals surface area (Å²) in [4.78, 5) is 2.08. The molecule has 1 aliphatic rings. The van der Waals surface area contributed by atoms with Crippen LogP contribution in [0, 0.1) is 23.7 Å². The lowest BCUT2D eigenvalue weighted by atomic mass is 10.1. The van der Waals surface area contributed by atoms with Gasteiger partial charge >= 0.3 is 0 Å². The summed E-state index contributed by atoms with van der Waals surface area (Å²) in [6.45, 7) is 2.92. The summed E-state index contributed by atoms with van der Waals surface area (Å²) in [5.41, 5.74) is 0.952. The van der Waals surface area contributed by atoms with E-state index in [1.807, 2.05) is 17.0 Å². The number of nitrogens with one attached hydrogen (secondary N) is 1. The van der Waals surface area contributed by atoms with Gasteiger partial charge in [0.1, 0.15) is 4.90 Å². The Balaban J connectivity index is 2.49. The second kappa shape index (κ2) is 6.65. The Hall–Kier alpha value is -2.28. The van der Waals surface area contributed by atoms with Gasteiger partial charge in [-0.05, 0) is 31.5 Å². The van der Waals surface area contributed by atoms with Crippen LogP contribution in [0.1, 0.15) is 18.9 Å². The van der Waals surface area contributed by atoms with Crippen molar-refractivity contribution < 1.29 is 8.42 Å². The predicted molar refractivity (Wildman–Crippen MR) is 85.7 cm³/mol. The lowest BCUT2D eigenvalue weighted by Crippen LogP contribution is -2.34. The van der Waals surface area contributed by atoms with E-state index in [0.717, 1.165) is 6.42 Å². The van der Waals surface area contributed by atoms with Crippen molar-refractivity contribution in [2.75, 3.05) is 18.0 Å². The minimum absolute atomic E-state index is 0.143. The number of hydrogen-bond donors (Lipinski definition) is 1. The number of anilines is 1. The fraction of sp³-hybridized carbons (Fsp3) is 0.312. The Bertz CT molecular complexity index is 770. The van der Waals surface area contributed by atoms with E-state index in [4.69, 9.17) is 11.7 Å². The quantitative estimate of drug-likeness (QED) is 0.677. The van der Waals surface area contributed by atoms with E-state index in [0.29, 0.717) is 24.3 Å². The van der Waals surface area contributed by atoms with E-state index >= 15 is 0 Å². The second-order valence-electron chi connectivity index (χ2n) is 5.01. The molecule has 1 heterocycles. The van der Waals surface area contributed by atoms with Crippen molar-refractivity contribution >= 4 is 15.7 Å². The van der Waals surface area contributed by atoms with Gasteiger partial charge in [-0.3, -0.25) is 0 Å². The molecule has 0 saturated heterocycles. The summed E-state index contributed by atoms with van der Waals surface area (Å²) in [7, 11) is -3.74. The summed E-state index contributed by atoms with van der Waals surface area (Å²) in [6.07, 6.45) is 10.1. The van der Waals surface area contributed by atoms with Gasteiger partial charge in [-0.15, -0.1) is 6.42 Å². The molecule has 114 valence electrons. The summed E-state index contributed by atoms with van der Waals surface area (Å²) in [5, 5.41) is 9.06. The van der Waals surface area contributed by atoms with Crippen LogP contribution in [-0.4, -0.2) is 27.5 Å². The molecule has 22 heavy (non-hydrogen) atoms. The SMILES string of the molecule is C#CC(C)NS(=O)(=O)c1ccc(C#N)cc1N1CC=CCC1. The number of nitrogens with zero attached hydrogens (tertiary/aromatic N) is 2. The fourth-order valence-corrected chi connectivity index (χ4v) is 3.62. The lowest BCUT2D eigenvalue weighted by Gasteiger charge is -2.28. The van der Waals surface area contributed by atoms with Gasteiger partial charge in [0.25, 0.3) is 0 Å². The Labute approximate surface area is 131 Å². The standard InChI is InChI=1S/C16H17N3O2S/c1-3-13(2)18-22(20,21)16-8-7-14(12-17)11-15(16)19-9-5-4-6-10-19/h1,4-5,7-8,11,13,18H,6,9-10H2,2H3. The first-order valence-corrected chi connectivity index (χ1v) is 8.39. The molecule has 0 aliphatic carbocycles. The van der Waals surface area contributed by atoms with Crippen molar-refractivity contribution in [3.63, 3.8) is 0 Å². The maximum Gasteiger partial charge on any atom is 0.243 e. The highest BCUT2D eigenvalue weighted by Crippen LogP contribution is 2.28. The van der Waals surface area contributed by atoms with Crippen molar-refractivity contribution in [2.24, 2.45) is 0 Å². The van der Waals surface area contributed by atoms with Crippen molar-refractivity contribution in [3.05, 3.63) is 35.9 Å². The molecule has 6 heteroatoms. The number of sulfonamides is 1. The molecule has 5 nitrogen and oxygen atoms in total. The highest BCUT2D eigenvalue weighted by molar-refractivity contribution is 7.89. The minimum Gasteiger partial charge on any atom is -0.366 e. The van der Waals surface area contributed by atoms with Crippen molar-refractivity contribution in [2.45, 2.75) is 24.3 Å². The third-order valence-electron chi connectivity index (χ3n) is 3.36. The second-order valence-corrected chi connectivity index (χ2v) is 6.69. The molecule has 0 fully saturated rings. The molecule has 0 aromatic heterocycles. The summed E-state index contributed by atoms with van der Waals surface area (Å²) in [6, 6.07) is 6.00. The van der Waals surface area contributed by atoms with Crippen LogP contribution in [0.25, 0.3) is 0 Å². The Kier molecular flexibility index (Phi) is 4.87. The first kappa shape index (κ1) is 16.1. The topological polar surface area (TPSA) is 73.2 Å². The van der Waals surface area contributed by atoms with E-state index < -0.39 is 16.1 Å². The van der Waals surface area contributed by atoms with E-state index in [1.165, 1.54) is 12.1 Å². The summed E-state index contributed by atoms with van der Waals surface area (Å²) in [5.74, 6) is 2.34. The number of rotatable bonds is 4. The van der Waals surface area contributed by atoms with Crippen LogP contribution >= 0.6 is 0 Å². The van der Waals surface area contributed by atoms with Crippen LogP contribution in [-0.2, 0) is 10.0 Å².